The lowest BCUT2D eigenvalue weighted by molar-refractivity contribution is -0.736. The van der Waals surface area contributed by atoms with Gasteiger partial charge in [0.05, 0.1) is 0 Å². The van der Waals surface area contributed by atoms with E-state index in [1.165, 1.54) is 0 Å². The number of rotatable bonds is 2. The molecule has 18 heavy (non-hydrogen) atoms. The van der Waals surface area contributed by atoms with Crippen LogP contribution in [0.1, 0.15) is 0 Å². The molecule has 5 heteroatoms. The van der Waals surface area contributed by atoms with E-state index < -0.39 is 0 Å². The Morgan fingerprint density at radius 3 is 2.17 bits per heavy atom. The largest absolute Gasteiger partial charge is 0.706 e. The highest BCUT2D eigenvalue weighted by atomic mass is 32.1. The van der Waals surface area contributed by atoms with Crippen molar-refractivity contribution in [2.24, 2.45) is 0 Å². The summed E-state index contributed by atoms with van der Waals surface area (Å²) in [5.74, 6) is 0. The van der Waals surface area contributed by atoms with Crippen LogP contribution in [0.5, 0.6) is 0 Å². The van der Waals surface area contributed by atoms with Gasteiger partial charge in [-0.1, -0.05) is 36.4 Å². The summed E-state index contributed by atoms with van der Waals surface area (Å²) in [5.41, 5.74) is 1.84. The van der Waals surface area contributed by atoms with E-state index in [4.69, 9.17) is 12.6 Å². The molecule has 0 saturated heterocycles. The standard InChI is InChI=1S/C13H10N4S/c18-13-14-16(11-7-3-1-4-8-11)17(15-13)12-9-5-2-6-10-12/h1-10H. The minimum absolute atomic E-state index is 0.322. The van der Waals surface area contributed by atoms with Crippen LogP contribution in [0.2, 0.25) is 0 Å². The Morgan fingerprint density at radius 1 is 0.889 bits per heavy atom. The SMILES string of the molecule is [S-]c1nn(-c2ccccc2)[n+](-c2ccccc2)n1. The van der Waals surface area contributed by atoms with E-state index in [1.807, 2.05) is 60.7 Å². The highest BCUT2D eigenvalue weighted by Gasteiger charge is 2.15. The first-order valence-electron chi connectivity index (χ1n) is 5.52. The molecule has 0 spiro atoms. The van der Waals surface area contributed by atoms with Gasteiger partial charge in [-0.25, -0.2) is 0 Å². The molecule has 0 unspecified atom stereocenters. The minimum atomic E-state index is 0.322. The van der Waals surface area contributed by atoms with Gasteiger partial charge in [0, 0.05) is 9.90 Å². The Hall–Kier alpha value is -2.27. The molecule has 0 N–H and O–H groups in total. The first kappa shape index (κ1) is 10.9. The van der Waals surface area contributed by atoms with Crippen molar-refractivity contribution in [3.05, 3.63) is 60.7 Å². The highest BCUT2D eigenvalue weighted by Crippen LogP contribution is 2.04. The number of nitrogens with zero attached hydrogens (tertiary/aromatic N) is 4. The van der Waals surface area contributed by atoms with Crippen molar-refractivity contribution in [3.63, 3.8) is 0 Å². The molecule has 0 fully saturated rings. The van der Waals surface area contributed by atoms with Crippen LogP contribution in [0.25, 0.3) is 11.4 Å². The molecule has 0 aliphatic rings. The second-order valence-corrected chi connectivity index (χ2v) is 4.10. The molecule has 88 valence electrons. The molecule has 0 saturated carbocycles. The van der Waals surface area contributed by atoms with Crippen molar-refractivity contribution in [1.82, 2.24) is 15.0 Å². The molecule has 1 aromatic heterocycles. The van der Waals surface area contributed by atoms with Gasteiger partial charge in [0.15, 0.2) is 10.8 Å². The molecule has 0 radical (unpaired) electrons. The molecule has 0 atom stereocenters. The summed E-state index contributed by atoms with van der Waals surface area (Å²) in [4.78, 5) is 3.38. The van der Waals surface area contributed by atoms with Crippen LogP contribution in [0.15, 0.2) is 65.8 Å². The van der Waals surface area contributed by atoms with Crippen molar-refractivity contribution >= 4 is 12.6 Å². The topological polar surface area (TPSA) is 34.6 Å². The lowest BCUT2D eigenvalue weighted by Gasteiger charge is -1.98. The van der Waals surface area contributed by atoms with E-state index in [-0.39, 0.29) is 0 Å². The third kappa shape index (κ3) is 1.96. The van der Waals surface area contributed by atoms with E-state index in [0.29, 0.717) is 5.16 Å². The number of aromatic nitrogens is 4. The van der Waals surface area contributed by atoms with Gasteiger partial charge < -0.3 is 12.6 Å². The summed E-state index contributed by atoms with van der Waals surface area (Å²) in [7, 11) is 0. The van der Waals surface area contributed by atoms with Crippen LogP contribution in [-0.2, 0) is 12.6 Å². The van der Waals surface area contributed by atoms with Crippen LogP contribution in [-0.4, -0.2) is 15.0 Å². The molecular weight excluding hydrogens is 244 g/mol. The lowest BCUT2D eigenvalue weighted by Crippen LogP contribution is -2.43. The van der Waals surface area contributed by atoms with Crippen molar-refractivity contribution in [1.29, 1.82) is 0 Å². The molecule has 0 bridgehead atoms. The van der Waals surface area contributed by atoms with Crippen LogP contribution >= 0.6 is 0 Å². The quantitative estimate of drug-likeness (QED) is 0.513. The molecule has 0 aliphatic heterocycles. The first-order chi connectivity index (χ1) is 8.84. The maximum absolute atomic E-state index is 5.06. The Kier molecular flexibility index (Phi) is 2.74. The second kappa shape index (κ2) is 4.54. The Labute approximate surface area is 110 Å². The van der Waals surface area contributed by atoms with Gasteiger partial charge in [-0.3, -0.25) is 0 Å². The van der Waals surface area contributed by atoms with Crippen LogP contribution < -0.4 is 4.80 Å². The van der Waals surface area contributed by atoms with E-state index in [9.17, 15) is 0 Å². The normalized spacial score (nSPS) is 10.4. The molecule has 4 nitrogen and oxygen atoms in total. The molecule has 1 heterocycles. The average molecular weight is 254 g/mol. The van der Waals surface area contributed by atoms with Gasteiger partial charge >= 0.3 is 0 Å². The monoisotopic (exact) mass is 254 g/mol. The Balaban J connectivity index is 2.17. The van der Waals surface area contributed by atoms with E-state index >= 15 is 0 Å². The fraction of sp³-hybridized carbons (Fsp3) is 0. The zero-order valence-electron chi connectivity index (χ0n) is 9.47. The maximum Gasteiger partial charge on any atom is 0.195 e. The highest BCUT2D eigenvalue weighted by molar-refractivity contribution is 7.58. The van der Waals surface area contributed by atoms with Gasteiger partial charge in [-0.2, -0.15) is 0 Å². The Morgan fingerprint density at radius 2 is 1.50 bits per heavy atom. The number of benzene rings is 2. The van der Waals surface area contributed by atoms with Gasteiger partial charge in [-0.15, -0.1) is 0 Å². The first-order valence-corrected chi connectivity index (χ1v) is 5.93. The molecule has 3 aromatic rings. The summed E-state index contributed by atoms with van der Waals surface area (Å²) in [6, 6.07) is 19.6. The number of hydrogen-bond acceptors (Lipinski definition) is 3. The summed E-state index contributed by atoms with van der Waals surface area (Å²) in [6.07, 6.45) is 0. The maximum atomic E-state index is 5.06. The number of para-hydroxylation sites is 2. The number of tetrazole rings is 1. The van der Waals surface area contributed by atoms with Gasteiger partial charge in [0.25, 0.3) is 0 Å². The van der Waals surface area contributed by atoms with Gasteiger partial charge in [-0.05, 0) is 34.2 Å². The van der Waals surface area contributed by atoms with Crippen LogP contribution in [0, 0.1) is 0 Å². The smallest absolute Gasteiger partial charge is 0.195 e. The van der Waals surface area contributed by atoms with E-state index in [1.54, 1.807) is 9.59 Å². The predicted octanol–water partition coefficient (Wildman–Crippen LogP) is 1.45. The number of hydrogen-bond donors (Lipinski definition) is 0. The van der Waals surface area contributed by atoms with E-state index in [0.717, 1.165) is 11.4 Å². The second-order valence-electron chi connectivity index (χ2n) is 3.73. The zero-order chi connectivity index (χ0) is 12.4. The van der Waals surface area contributed by atoms with Crippen molar-refractivity contribution in [3.8, 4) is 11.4 Å². The van der Waals surface area contributed by atoms with Crippen molar-refractivity contribution < 1.29 is 4.80 Å². The van der Waals surface area contributed by atoms with Gasteiger partial charge in [0.2, 0.25) is 0 Å². The Bertz CT molecular complexity index is 592. The zero-order valence-corrected chi connectivity index (χ0v) is 10.3. The summed E-state index contributed by atoms with van der Waals surface area (Å²) in [6.45, 7) is 0. The third-order valence-electron chi connectivity index (χ3n) is 2.51. The van der Waals surface area contributed by atoms with Crippen LogP contribution in [0.4, 0.5) is 0 Å². The van der Waals surface area contributed by atoms with E-state index in [2.05, 4.69) is 10.2 Å². The molecule has 0 aliphatic carbocycles. The van der Waals surface area contributed by atoms with Crippen LogP contribution in [0.3, 0.4) is 0 Å². The molecule has 0 amide bonds. The minimum Gasteiger partial charge on any atom is -0.706 e. The third-order valence-corrected chi connectivity index (χ3v) is 2.68. The summed E-state index contributed by atoms with van der Waals surface area (Å²) in [5, 5.41) is 8.80. The van der Waals surface area contributed by atoms with Crippen molar-refractivity contribution in [2.75, 3.05) is 0 Å². The fourth-order valence-electron chi connectivity index (χ4n) is 1.72. The van der Waals surface area contributed by atoms with Crippen molar-refractivity contribution in [2.45, 2.75) is 5.16 Å². The molecular formula is C13H10N4S. The van der Waals surface area contributed by atoms with Gasteiger partial charge in [0.1, 0.15) is 5.69 Å². The lowest BCUT2D eigenvalue weighted by atomic mass is 10.3. The molecule has 2 aromatic carbocycles. The average Bonchev–Trinajstić information content (AvgIpc) is 2.83. The molecule has 3 rings (SSSR count). The predicted molar refractivity (Wildman–Crippen MR) is 68.5 cm³/mol. The summed E-state index contributed by atoms with van der Waals surface area (Å²) >= 11 is 5.06. The fourth-order valence-corrected chi connectivity index (χ4v) is 1.88. The summed E-state index contributed by atoms with van der Waals surface area (Å²) < 4.78 is 0.